The molecule has 0 bridgehead atoms. The van der Waals surface area contributed by atoms with Crippen LogP contribution >= 0.6 is 0 Å². The molecule has 5 nitrogen and oxygen atoms in total. The van der Waals surface area contributed by atoms with E-state index in [1.165, 1.54) is 0 Å². The minimum absolute atomic E-state index is 0.107. The highest BCUT2D eigenvalue weighted by molar-refractivity contribution is 6.00. The fourth-order valence-electron chi connectivity index (χ4n) is 3.67. The van der Waals surface area contributed by atoms with Gasteiger partial charge in [-0.3, -0.25) is 9.59 Å². The molecule has 0 saturated carbocycles. The smallest absolute Gasteiger partial charge is 0.313 e. The number of nitrogens with zero attached hydrogens (tertiary/aromatic N) is 1. The Labute approximate surface area is 159 Å². The molecule has 5 heteroatoms. The molecule has 2 aromatic rings. The summed E-state index contributed by atoms with van der Waals surface area (Å²) < 4.78 is 5.22. The van der Waals surface area contributed by atoms with Gasteiger partial charge < -0.3 is 14.7 Å². The van der Waals surface area contributed by atoms with Crippen molar-refractivity contribution in [3.63, 3.8) is 0 Å². The molecular weight excluding hydrogens is 342 g/mol. The third-order valence-corrected chi connectivity index (χ3v) is 5.11. The first-order chi connectivity index (χ1) is 12.9. The number of fused-ring (bicyclic) bond motifs is 1. The molecule has 1 aliphatic heterocycles. The van der Waals surface area contributed by atoms with Gasteiger partial charge in [0.2, 0.25) is 0 Å². The van der Waals surface area contributed by atoms with Crippen LogP contribution in [-0.4, -0.2) is 35.5 Å². The third kappa shape index (κ3) is 3.68. The van der Waals surface area contributed by atoms with Crippen molar-refractivity contribution in [1.29, 1.82) is 0 Å². The monoisotopic (exact) mass is 367 g/mol. The average Bonchev–Trinajstić information content (AvgIpc) is 2.66. The summed E-state index contributed by atoms with van der Waals surface area (Å²) in [6, 6.07) is 13.8. The first kappa shape index (κ1) is 19.0. The minimum atomic E-state index is -0.926. The second-order valence-corrected chi connectivity index (χ2v) is 7.30. The summed E-state index contributed by atoms with van der Waals surface area (Å²) in [5, 5.41) is 10.0. The Bertz CT molecular complexity index is 828. The van der Waals surface area contributed by atoms with Gasteiger partial charge in [-0.05, 0) is 41.7 Å². The highest BCUT2D eigenvalue weighted by Crippen LogP contribution is 2.43. The van der Waals surface area contributed by atoms with E-state index in [0.717, 1.165) is 12.0 Å². The Morgan fingerprint density at radius 2 is 1.81 bits per heavy atom. The summed E-state index contributed by atoms with van der Waals surface area (Å²) in [5.74, 6) is -0.731. The number of carbonyl (C=O) groups is 2. The van der Waals surface area contributed by atoms with E-state index in [1.807, 2.05) is 12.1 Å². The molecule has 27 heavy (non-hydrogen) atoms. The van der Waals surface area contributed by atoms with Gasteiger partial charge in [0.1, 0.15) is 11.7 Å². The number of carbonyl (C=O) groups excluding carboxylic acids is 1. The molecule has 2 atom stereocenters. The molecule has 0 aliphatic carbocycles. The third-order valence-electron chi connectivity index (χ3n) is 5.11. The Morgan fingerprint density at radius 1 is 1.15 bits per heavy atom. The van der Waals surface area contributed by atoms with E-state index in [9.17, 15) is 14.7 Å². The van der Waals surface area contributed by atoms with Crippen LogP contribution in [0.25, 0.3) is 0 Å². The fourth-order valence-corrected chi connectivity index (χ4v) is 3.67. The van der Waals surface area contributed by atoms with Crippen LogP contribution < -0.4 is 4.74 Å². The fraction of sp³-hybridized carbons (Fsp3) is 0.364. The maximum atomic E-state index is 13.2. The van der Waals surface area contributed by atoms with E-state index >= 15 is 0 Å². The lowest BCUT2D eigenvalue weighted by atomic mass is 9.79. The van der Waals surface area contributed by atoms with Gasteiger partial charge in [-0.1, -0.05) is 44.2 Å². The van der Waals surface area contributed by atoms with Gasteiger partial charge in [0.15, 0.2) is 0 Å². The predicted octanol–water partition coefficient (Wildman–Crippen LogP) is 4.11. The zero-order valence-electron chi connectivity index (χ0n) is 15.9. The minimum Gasteiger partial charge on any atom is -0.497 e. The molecule has 0 fully saturated rings. The van der Waals surface area contributed by atoms with Crippen molar-refractivity contribution in [3.8, 4) is 5.75 Å². The number of carboxylic acid groups (broad SMARTS) is 1. The van der Waals surface area contributed by atoms with E-state index in [2.05, 4.69) is 13.8 Å². The zero-order valence-corrected chi connectivity index (χ0v) is 15.9. The van der Waals surface area contributed by atoms with Crippen molar-refractivity contribution in [2.45, 2.75) is 32.2 Å². The Hall–Kier alpha value is -2.82. The molecule has 0 aromatic heterocycles. The standard InChI is InChI=1S/C22H25NO4/c1-14(2)12-13-23-20(15-8-10-16(27-3)11-9-15)19(22(25)26)17-6-4-5-7-18(17)21(23)24/h4-11,14,19-20H,12-13H2,1-3H3,(H,25,26)/t19-,20+/m0/s1. The molecule has 0 radical (unpaired) electrons. The number of rotatable bonds is 6. The Morgan fingerprint density at radius 3 is 2.41 bits per heavy atom. The van der Waals surface area contributed by atoms with Crippen molar-refractivity contribution in [1.82, 2.24) is 4.90 Å². The normalized spacial score (nSPS) is 19.1. The number of amides is 1. The van der Waals surface area contributed by atoms with Crippen LogP contribution in [0.2, 0.25) is 0 Å². The second kappa shape index (κ2) is 7.82. The van der Waals surface area contributed by atoms with Gasteiger partial charge in [-0.25, -0.2) is 0 Å². The molecule has 3 rings (SSSR count). The number of methoxy groups -OCH3 is 1. The van der Waals surface area contributed by atoms with Crippen LogP contribution in [0.15, 0.2) is 48.5 Å². The first-order valence-electron chi connectivity index (χ1n) is 9.20. The maximum Gasteiger partial charge on any atom is 0.313 e. The van der Waals surface area contributed by atoms with Gasteiger partial charge in [0, 0.05) is 12.1 Å². The van der Waals surface area contributed by atoms with Crippen LogP contribution in [0.5, 0.6) is 5.75 Å². The number of carboxylic acids is 1. The van der Waals surface area contributed by atoms with Crippen molar-refractivity contribution in [3.05, 3.63) is 65.2 Å². The molecule has 0 spiro atoms. The molecule has 1 amide bonds. The Balaban J connectivity index is 2.13. The van der Waals surface area contributed by atoms with Crippen molar-refractivity contribution in [2.24, 2.45) is 5.92 Å². The summed E-state index contributed by atoms with van der Waals surface area (Å²) in [6.07, 6.45) is 0.812. The summed E-state index contributed by atoms with van der Waals surface area (Å²) in [4.78, 5) is 27.2. The lowest BCUT2D eigenvalue weighted by Crippen LogP contribution is -2.45. The van der Waals surface area contributed by atoms with Crippen molar-refractivity contribution < 1.29 is 19.4 Å². The van der Waals surface area contributed by atoms with Crippen LogP contribution in [0, 0.1) is 5.92 Å². The molecule has 0 saturated heterocycles. The largest absolute Gasteiger partial charge is 0.497 e. The SMILES string of the molecule is COc1ccc([C@@H]2[C@@H](C(=O)O)c3ccccc3C(=O)N2CCC(C)C)cc1. The Kier molecular flexibility index (Phi) is 5.49. The van der Waals surface area contributed by atoms with E-state index in [1.54, 1.807) is 48.4 Å². The van der Waals surface area contributed by atoms with Gasteiger partial charge >= 0.3 is 5.97 Å². The van der Waals surface area contributed by atoms with Gasteiger partial charge in [-0.15, -0.1) is 0 Å². The lowest BCUT2D eigenvalue weighted by Gasteiger charge is -2.41. The van der Waals surface area contributed by atoms with Crippen LogP contribution in [-0.2, 0) is 4.79 Å². The van der Waals surface area contributed by atoms with Gasteiger partial charge in [0.25, 0.3) is 5.91 Å². The number of hydrogen-bond acceptors (Lipinski definition) is 3. The predicted molar refractivity (Wildman–Crippen MR) is 103 cm³/mol. The molecule has 0 unspecified atom stereocenters. The van der Waals surface area contributed by atoms with Crippen LogP contribution in [0.1, 0.15) is 53.7 Å². The van der Waals surface area contributed by atoms with Crippen LogP contribution in [0.3, 0.4) is 0 Å². The zero-order chi connectivity index (χ0) is 19.6. The van der Waals surface area contributed by atoms with Gasteiger partial charge in [0.05, 0.1) is 13.2 Å². The summed E-state index contributed by atoms with van der Waals surface area (Å²) >= 11 is 0. The van der Waals surface area contributed by atoms with Gasteiger partial charge in [-0.2, -0.15) is 0 Å². The maximum absolute atomic E-state index is 13.2. The second-order valence-electron chi connectivity index (χ2n) is 7.30. The van der Waals surface area contributed by atoms with Crippen molar-refractivity contribution in [2.75, 3.05) is 13.7 Å². The topological polar surface area (TPSA) is 66.8 Å². The summed E-state index contributed by atoms with van der Waals surface area (Å²) in [6.45, 7) is 4.71. The molecule has 1 aliphatic rings. The molecule has 2 aromatic carbocycles. The molecule has 1 N–H and O–H groups in total. The number of aliphatic carboxylic acids is 1. The highest BCUT2D eigenvalue weighted by atomic mass is 16.5. The average molecular weight is 367 g/mol. The molecule has 1 heterocycles. The summed E-state index contributed by atoms with van der Waals surface area (Å²) in [7, 11) is 1.59. The van der Waals surface area contributed by atoms with E-state index in [0.29, 0.717) is 29.3 Å². The quantitative estimate of drug-likeness (QED) is 0.834. The number of ether oxygens (including phenoxy) is 1. The highest BCUT2D eigenvalue weighted by Gasteiger charge is 2.44. The lowest BCUT2D eigenvalue weighted by molar-refractivity contribution is -0.140. The number of hydrogen-bond donors (Lipinski definition) is 1. The molecular formula is C22H25NO4. The molecule has 142 valence electrons. The van der Waals surface area contributed by atoms with E-state index in [-0.39, 0.29) is 5.91 Å². The van der Waals surface area contributed by atoms with Crippen molar-refractivity contribution >= 4 is 11.9 Å². The van der Waals surface area contributed by atoms with Crippen LogP contribution in [0.4, 0.5) is 0 Å². The van der Waals surface area contributed by atoms with E-state index in [4.69, 9.17) is 4.74 Å². The summed E-state index contributed by atoms with van der Waals surface area (Å²) in [5.41, 5.74) is 1.87. The number of benzene rings is 2. The first-order valence-corrected chi connectivity index (χ1v) is 9.20. The van der Waals surface area contributed by atoms with E-state index < -0.39 is 17.9 Å².